The SMILES string of the molecule is Cc1ccc(-c2ccnc(Cl)n2)cc1F. The van der Waals surface area contributed by atoms with Crippen LogP contribution in [0.3, 0.4) is 0 Å². The van der Waals surface area contributed by atoms with Gasteiger partial charge in [-0.2, -0.15) is 0 Å². The Kier molecular flexibility index (Phi) is 2.64. The molecule has 1 aromatic carbocycles. The quantitative estimate of drug-likeness (QED) is 0.693. The molecule has 15 heavy (non-hydrogen) atoms. The van der Waals surface area contributed by atoms with Crippen molar-refractivity contribution in [2.24, 2.45) is 0 Å². The van der Waals surface area contributed by atoms with Crippen molar-refractivity contribution in [3.05, 3.63) is 47.1 Å². The van der Waals surface area contributed by atoms with Crippen molar-refractivity contribution in [3.63, 3.8) is 0 Å². The third-order valence-corrected chi connectivity index (χ3v) is 2.28. The van der Waals surface area contributed by atoms with Crippen molar-refractivity contribution in [3.8, 4) is 11.3 Å². The third-order valence-electron chi connectivity index (χ3n) is 2.09. The first-order valence-corrected chi connectivity index (χ1v) is 4.79. The van der Waals surface area contributed by atoms with E-state index in [9.17, 15) is 4.39 Å². The van der Waals surface area contributed by atoms with Crippen LogP contribution in [-0.4, -0.2) is 9.97 Å². The molecule has 2 aromatic rings. The molecule has 0 bridgehead atoms. The molecule has 0 amide bonds. The first-order valence-electron chi connectivity index (χ1n) is 4.42. The number of benzene rings is 1. The van der Waals surface area contributed by atoms with Crippen LogP contribution in [0.4, 0.5) is 4.39 Å². The molecule has 0 unspecified atom stereocenters. The van der Waals surface area contributed by atoms with Crippen LogP contribution in [0, 0.1) is 12.7 Å². The van der Waals surface area contributed by atoms with Crippen molar-refractivity contribution >= 4 is 11.6 Å². The van der Waals surface area contributed by atoms with Gasteiger partial charge in [-0.15, -0.1) is 0 Å². The Morgan fingerprint density at radius 1 is 1.27 bits per heavy atom. The minimum atomic E-state index is -0.248. The van der Waals surface area contributed by atoms with Crippen molar-refractivity contribution in [1.29, 1.82) is 0 Å². The van der Waals surface area contributed by atoms with E-state index in [1.165, 1.54) is 6.07 Å². The maximum absolute atomic E-state index is 13.3. The zero-order chi connectivity index (χ0) is 10.8. The van der Waals surface area contributed by atoms with Gasteiger partial charge < -0.3 is 0 Å². The molecule has 0 aliphatic carbocycles. The molecule has 0 saturated carbocycles. The fraction of sp³-hybridized carbons (Fsp3) is 0.0909. The highest BCUT2D eigenvalue weighted by atomic mass is 35.5. The van der Waals surface area contributed by atoms with Crippen LogP contribution in [0.15, 0.2) is 30.5 Å². The van der Waals surface area contributed by atoms with Crippen LogP contribution in [-0.2, 0) is 0 Å². The highest BCUT2D eigenvalue weighted by Gasteiger charge is 2.03. The fourth-order valence-corrected chi connectivity index (χ4v) is 1.40. The molecule has 0 atom stereocenters. The predicted octanol–water partition coefficient (Wildman–Crippen LogP) is 3.24. The third kappa shape index (κ3) is 2.13. The van der Waals surface area contributed by atoms with Crippen LogP contribution in [0.25, 0.3) is 11.3 Å². The largest absolute Gasteiger partial charge is 0.226 e. The lowest BCUT2D eigenvalue weighted by Crippen LogP contribution is -1.88. The van der Waals surface area contributed by atoms with E-state index in [-0.39, 0.29) is 11.1 Å². The molecular formula is C11H8ClFN2. The molecule has 0 fully saturated rings. The molecule has 2 rings (SSSR count). The lowest BCUT2D eigenvalue weighted by molar-refractivity contribution is 0.619. The minimum Gasteiger partial charge on any atom is -0.226 e. The lowest BCUT2D eigenvalue weighted by Gasteiger charge is -2.02. The summed E-state index contributed by atoms with van der Waals surface area (Å²) in [5, 5.41) is 0.161. The van der Waals surface area contributed by atoms with Gasteiger partial charge in [0.2, 0.25) is 5.28 Å². The van der Waals surface area contributed by atoms with Crippen LogP contribution in [0.2, 0.25) is 5.28 Å². The molecule has 1 heterocycles. The zero-order valence-corrected chi connectivity index (χ0v) is 8.79. The summed E-state index contributed by atoms with van der Waals surface area (Å²) in [5.74, 6) is -0.248. The van der Waals surface area contributed by atoms with Gasteiger partial charge in [-0.05, 0) is 36.2 Å². The number of nitrogens with zero attached hydrogens (tertiary/aromatic N) is 2. The molecule has 0 radical (unpaired) electrons. The molecule has 76 valence electrons. The van der Waals surface area contributed by atoms with Gasteiger partial charge in [-0.25, -0.2) is 14.4 Å². The Morgan fingerprint density at radius 2 is 2.07 bits per heavy atom. The summed E-state index contributed by atoms with van der Waals surface area (Å²) in [6.45, 7) is 1.71. The van der Waals surface area contributed by atoms with Crippen molar-refractivity contribution < 1.29 is 4.39 Å². The van der Waals surface area contributed by atoms with Gasteiger partial charge in [0.1, 0.15) is 5.82 Å². The molecule has 0 saturated heterocycles. The van der Waals surface area contributed by atoms with Crippen molar-refractivity contribution in [1.82, 2.24) is 9.97 Å². The Bertz CT molecular complexity index is 500. The Hall–Kier alpha value is -1.48. The van der Waals surface area contributed by atoms with E-state index in [1.807, 2.05) is 0 Å². The molecule has 4 heteroatoms. The van der Waals surface area contributed by atoms with E-state index in [4.69, 9.17) is 11.6 Å². The number of aryl methyl sites for hydroxylation is 1. The topological polar surface area (TPSA) is 25.8 Å². The van der Waals surface area contributed by atoms with Crippen LogP contribution < -0.4 is 0 Å². The Morgan fingerprint density at radius 3 is 2.73 bits per heavy atom. The van der Waals surface area contributed by atoms with Gasteiger partial charge in [0.05, 0.1) is 5.69 Å². The smallest absolute Gasteiger partial charge is 0.222 e. The van der Waals surface area contributed by atoms with Crippen molar-refractivity contribution in [2.45, 2.75) is 6.92 Å². The second-order valence-electron chi connectivity index (χ2n) is 3.17. The fourth-order valence-electron chi connectivity index (χ4n) is 1.25. The predicted molar refractivity (Wildman–Crippen MR) is 57.2 cm³/mol. The van der Waals surface area contributed by atoms with Gasteiger partial charge >= 0.3 is 0 Å². The highest BCUT2D eigenvalue weighted by Crippen LogP contribution is 2.20. The van der Waals surface area contributed by atoms with E-state index < -0.39 is 0 Å². The van der Waals surface area contributed by atoms with Gasteiger partial charge in [0, 0.05) is 11.8 Å². The maximum atomic E-state index is 13.3. The van der Waals surface area contributed by atoms with E-state index in [2.05, 4.69) is 9.97 Å². The van der Waals surface area contributed by atoms with Crippen LogP contribution in [0.1, 0.15) is 5.56 Å². The number of aromatic nitrogens is 2. The van der Waals surface area contributed by atoms with Gasteiger partial charge in [-0.1, -0.05) is 12.1 Å². The summed E-state index contributed by atoms with van der Waals surface area (Å²) in [6.07, 6.45) is 1.54. The van der Waals surface area contributed by atoms with Gasteiger partial charge in [0.15, 0.2) is 0 Å². The average Bonchev–Trinajstić information content (AvgIpc) is 2.22. The van der Waals surface area contributed by atoms with Gasteiger partial charge in [0.25, 0.3) is 0 Å². The molecule has 2 nitrogen and oxygen atoms in total. The van der Waals surface area contributed by atoms with E-state index in [1.54, 1.807) is 31.3 Å². The Balaban J connectivity index is 2.50. The summed E-state index contributed by atoms with van der Waals surface area (Å²) in [5.41, 5.74) is 1.93. The second-order valence-corrected chi connectivity index (χ2v) is 3.51. The summed E-state index contributed by atoms with van der Waals surface area (Å²) >= 11 is 5.65. The Labute approximate surface area is 91.8 Å². The number of hydrogen-bond donors (Lipinski definition) is 0. The number of halogens is 2. The van der Waals surface area contributed by atoms with Gasteiger partial charge in [-0.3, -0.25) is 0 Å². The highest BCUT2D eigenvalue weighted by molar-refractivity contribution is 6.28. The summed E-state index contributed by atoms with van der Waals surface area (Å²) < 4.78 is 13.3. The zero-order valence-electron chi connectivity index (χ0n) is 8.04. The maximum Gasteiger partial charge on any atom is 0.222 e. The van der Waals surface area contributed by atoms with E-state index >= 15 is 0 Å². The molecule has 0 N–H and O–H groups in total. The first-order chi connectivity index (χ1) is 7.16. The summed E-state index contributed by atoms with van der Waals surface area (Å²) in [4.78, 5) is 7.77. The van der Waals surface area contributed by atoms with Crippen molar-refractivity contribution in [2.75, 3.05) is 0 Å². The lowest BCUT2D eigenvalue weighted by atomic mass is 10.1. The number of hydrogen-bond acceptors (Lipinski definition) is 2. The standard InChI is InChI=1S/C11H8ClFN2/c1-7-2-3-8(6-9(7)13)10-4-5-14-11(12)15-10/h2-6H,1H3. The molecule has 1 aromatic heterocycles. The monoisotopic (exact) mass is 222 g/mol. The second kappa shape index (κ2) is 3.95. The molecular weight excluding hydrogens is 215 g/mol. The summed E-state index contributed by atoms with van der Waals surface area (Å²) in [7, 11) is 0. The van der Waals surface area contributed by atoms with E-state index in [0.29, 0.717) is 16.8 Å². The minimum absolute atomic E-state index is 0.161. The van der Waals surface area contributed by atoms with Crippen LogP contribution in [0.5, 0.6) is 0 Å². The first kappa shape index (κ1) is 10.1. The normalized spacial score (nSPS) is 10.3. The average molecular weight is 223 g/mol. The van der Waals surface area contributed by atoms with Crippen LogP contribution >= 0.6 is 11.6 Å². The summed E-state index contributed by atoms with van der Waals surface area (Å²) in [6, 6.07) is 6.64. The molecule has 0 aliphatic heterocycles. The molecule has 0 aliphatic rings. The number of rotatable bonds is 1. The molecule has 0 spiro atoms. The van der Waals surface area contributed by atoms with E-state index in [0.717, 1.165) is 0 Å².